The Kier molecular flexibility index (Phi) is 6.79. The smallest absolute Gasteiger partial charge is 0.142 e. The second kappa shape index (κ2) is 7.85. The second-order valence-corrected chi connectivity index (χ2v) is 4.59. The summed E-state index contributed by atoms with van der Waals surface area (Å²) in [5, 5.41) is 4.06. The molecule has 0 radical (unpaired) electrons. The van der Waals surface area contributed by atoms with E-state index in [9.17, 15) is 0 Å². The van der Waals surface area contributed by atoms with E-state index in [1.165, 1.54) is 5.56 Å². The van der Waals surface area contributed by atoms with E-state index in [1.807, 2.05) is 19.1 Å². The van der Waals surface area contributed by atoms with Gasteiger partial charge in [-0.15, -0.1) is 12.4 Å². The molecule has 18 heavy (non-hydrogen) atoms. The number of piperazine rings is 1. The molecule has 0 bridgehead atoms. The third kappa shape index (κ3) is 4.02. The average Bonchev–Trinajstić information content (AvgIpc) is 2.35. The summed E-state index contributed by atoms with van der Waals surface area (Å²) in [7, 11) is 0. The Hall–Kier alpha value is -0.480. The van der Waals surface area contributed by atoms with Crippen LogP contribution in [0.4, 0.5) is 0 Å². The highest BCUT2D eigenvalue weighted by Gasteiger charge is 2.14. The van der Waals surface area contributed by atoms with Gasteiger partial charge in [0.1, 0.15) is 5.75 Å². The molecule has 0 amide bonds. The van der Waals surface area contributed by atoms with Gasteiger partial charge in [-0.1, -0.05) is 23.7 Å². The summed E-state index contributed by atoms with van der Waals surface area (Å²) in [5.41, 5.74) is 1.18. The summed E-state index contributed by atoms with van der Waals surface area (Å²) in [5.74, 6) is 0.843. The van der Waals surface area contributed by atoms with Gasteiger partial charge in [0, 0.05) is 38.3 Å². The molecule has 0 atom stereocenters. The van der Waals surface area contributed by atoms with Gasteiger partial charge < -0.3 is 10.1 Å². The summed E-state index contributed by atoms with van der Waals surface area (Å²) in [6.45, 7) is 7.83. The Morgan fingerprint density at radius 2 is 2.06 bits per heavy atom. The summed E-state index contributed by atoms with van der Waals surface area (Å²) in [6, 6.07) is 5.97. The lowest BCUT2D eigenvalue weighted by Gasteiger charge is -2.28. The Balaban J connectivity index is 0.00000162. The molecule has 2 rings (SSSR count). The molecule has 1 aliphatic heterocycles. The zero-order valence-corrected chi connectivity index (χ0v) is 12.2. The lowest BCUT2D eigenvalue weighted by Crippen LogP contribution is -2.42. The van der Waals surface area contributed by atoms with Crippen molar-refractivity contribution in [1.82, 2.24) is 10.2 Å². The Labute approximate surface area is 120 Å². The van der Waals surface area contributed by atoms with E-state index < -0.39 is 0 Å². The van der Waals surface area contributed by atoms with Crippen molar-refractivity contribution in [2.45, 2.75) is 13.5 Å². The van der Waals surface area contributed by atoms with Crippen molar-refractivity contribution < 1.29 is 4.74 Å². The van der Waals surface area contributed by atoms with Crippen LogP contribution in [0.25, 0.3) is 0 Å². The van der Waals surface area contributed by atoms with Gasteiger partial charge in [-0.3, -0.25) is 4.90 Å². The maximum atomic E-state index is 6.17. The molecule has 1 heterocycles. The summed E-state index contributed by atoms with van der Waals surface area (Å²) in [6.07, 6.45) is 0. The van der Waals surface area contributed by atoms with Gasteiger partial charge in [-0.25, -0.2) is 0 Å². The molecule has 3 nitrogen and oxygen atoms in total. The van der Waals surface area contributed by atoms with Crippen molar-refractivity contribution in [3.05, 3.63) is 28.8 Å². The topological polar surface area (TPSA) is 24.5 Å². The van der Waals surface area contributed by atoms with Crippen molar-refractivity contribution in [1.29, 1.82) is 0 Å². The number of ether oxygens (including phenoxy) is 1. The van der Waals surface area contributed by atoms with Crippen LogP contribution in [0.1, 0.15) is 12.5 Å². The number of nitrogens with one attached hydrogen (secondary N) is 1. The van der Waals surface area contributed by atoms with Gasteiger partial charge in [0.2, 0.25) is 0 Å². The van der Waals surface area contributed by atoms with E-state index in [2.05, 4.69) is 16.3 Å². The van der Waals surface area contributed by atoms with Gasteiger partial charge in [0.05, 0.1) is 11.6 Å². The molecule has 0 aromatic heterocycles. The van der Waals surface area contributed by atoms with Crippen LogP contribution < -0.4 is 10.1 Å². The number of hydrogen-bond donors (Lipinski definition) is 1. The molecule has 0 spiro atoms. The summed E-state index contributed by atoms with van der Waals surface area (Å²) >= 11 is 6.17. The van der Waals surface area contributed by atoms with Crippen LogP contribution in [0.15, 0.2) is 18.2 Å². The molecule has 0 unspecified atom stereocenters. The quantitative estimate of drug-likeness (QED) is 0.922. The SMILES string of the molecule is CCOc1c(Cl)cccc1CN1CCNCC1.Cl. The molecule has 1 aromatic rings. The molecular formula is C13H20Cl2N2O. The van der Waals surface area contributed by atoms with Crippen LogP contribution in [0.5, 0.6) is 5.75 Å². The predicted octanol–water partition coefficient (Wildman–Crippen LogP) is 2.57. The van der Waals surface area contributed by atoms with Gasteiger partial charge in [0.15, 0.2) is 0 Å². The zero-order chi connectivity index (χ0) is 12.1. The Morgan fingerprint density at radius 1 is 1.33 bits per heavy atom. The molecule has 1 aliphatic rings. The fourth-order valence-corrected chi connectivity index (χ4v) is 2.34. The van der Waals surface area contributed by atoms with Gasteiger partial charge >= 0.3 is 0 Å². The fraction of sp³-hybridized carbons (Fsp3) is 0.538. The standard InChI is InChI=1S/C13H19ClN2O.ClH/c1-2-17-13-11(4-3-5-12(13)14)10-16-8-6-15-7-9-16;/h3-5,15H,2,6-10H2,1H3;1H. The number of halogens is 2. The van der Waals surface area contributed by atoms with Crippen molar-refractivity contribution in [2.24, 2.45) is 0 Å². The first-order chi connectivity index (χ1) is 8.31. The number of nitrogens with zero attached hydrogens (tertiary/aromatic N) is 1. The zero-order valence-electron chi connectivity index (χ0n) is 10.6. The number of benzene rings is 1. The largest absolute Gasteiger partial charge is 0.492 e. The highest BCUT2D eigenvalue weighted by atomic mass is 35.5. The van der Waals surface area contributed by atoms with E-state index in [1.54, 1.807) is 0 Å². The molecule has 5 heteroatoms. The second-order valence-electron chi connectivity index (χ2n) is 4.19. The van der Waals surface area contributed by atoms with Crippen LogP contribution >= 0.6 is 24.0 Å². The fourth-order valence-electron chi connectivity index (χ4n) is 2.09. The minimum Gasteiger partial charge on any atom is -0.492 e. The molecule has 102 valence electrons. The molecule has 0 aliphatic carbocycles. The first kappa shape index (κ1) is 15.6. The Bertz CT molecular complexity index is 368. The van der Waals surface area contributed by atoms with Crippen LogP contribution in [-0.4, -0.2) is 37.7 Å². The summed E-state index contributed by atoms with van der Waals surface area (Å²) < 4.78 is 5.64. The normalized spacial score (nSPS) is 16.1. The van der Waals surface area contributed by atoms with E-state index in [-0.39, 0.29) is 12.4 Å². The van der Waals surface area contributed by atoms with Crippen LogP contribution in [0, 0.1) is 0 Å². The van der Waals surface area contributed by atoms with Crippen molar-refractivity contribution in [3.63, 3.8) is 0 Å². The van der Waals surface area contributed by atoms with E-state index in [4.69, 9.17) is 16.3 Å². The molecule has 0 saturated carbocycles. The Morgan fingerprint density at radius 3 is 2.72 bits per heavy atom. The maximum absolute atomic E-state index is 6.17. The van der Waals surface area contributed by atoms with Crippen LogP contribution in [0.2, 0.25) is 5.02 Å². The third-order valence-electron chi connectivity index (χ3n) is 2.94. The highest BCUT2D eigenvalue weighted by molar-refractivity contribution is 6.32. The monoisotopic (exact) mass is 290 g/mol. The average molecular weight is 291 g/mol. The van der Waals surface area contributed by atoms with Crippen molar-refractivity contribution in [2.75, 3.05) is 32.8 Å². The molecule has 1 saturated heterocycles. The van der Waals surface area contributed by atoms with Gasteiger partial charge in [-0.2, -0.15) is 0 Å². The van der Waals surface area contributed by atoms with Crippen molar-refractivity contribution in [3.8, 4) is 5.75 Å². The lowest BCUT2D eigenvalue weighted by atomic mass is 10.1. The van der Waals surface area contributed by atoms with Crippen LogP contribution in [-0.2, 0) is 6.54 Å². The highest BCUT2D eigenvalue weighted by Crippen LogP contribution is 2.29. The van der Waals surface area contributed by atoms with E-state index in [0.717, 1.165) is 38.5 Å². The third-order valence-corrected chi connectivity index (χ3v) is 3.24. The molecular weight excluding hydrogens is 271 g/mol. The molecule has 1 N–H and O–H groups in total. The number of para-hydroxylation sites is 1. The molecule has 1 fully saturated rings. The minimum atomic E-state index is 0. The number of hydrogen-bond acceptors (Lipinski definition) is 3. The van der Waals surface area contributed by atoms with Gasteiger partial charge in [0.25, 0.3) is 0 Å². The van der Waals surface area contributed by atoms with E-state index >= 15 is 0 Å². The predicted molar refractivity (Wildman–Crippen MR) is 78.0 cm³/mol. The van der Waals surface area contributed by atoms with Gasteiger partial charge in [-0.05, 0) is 13.0 Å². The number of rotatable bonds is 4. The first-order valence-electron chi connectivity index (χ1n) is 6.14. The van der Waals surface area contributed by atoms with Crippen LogP contribution in [0.3, 0.4) is 0 Å². The maximum Gasteiger partial charge on any atom is 0.142 e. The summed E-state index contributed by atoms with van der Waals surface area (Å²) in [4.78, 5) is 2.42. The van der Waals surface area contributed by atoms with Crippen molar-refractivity contribution >= 4 is 24.0 Å². The van der Waals surface area contributed by atoms with E-state index in [0.29, 0.717) is 11.6 Å². The lowest BCUT2D eigenvalue weighted by molar-refractivity contribution is 0.228. The molecule has 1 aromatic carbocycles. The first-order valence-corrected chi connectivity index (χ1v) is 6.52. The minimum absolute atomic E-state index is 0.